The first-order chi connectivity index (χ1) is 8.74. The molecule has 1 unspecified atom stereocenters. The highest BCUT2D eigenvalue weighted by Gasteiger charge is 2.28. The monoisotopic (exact) mass is 248 g/mol. The minimum absolute atomic E-state index is 0.0798. The summed E-state index contributed by atoms with van der Waals surface area (Å²) >= 11 is 0. The van der Waals surface area contributed by atoms with Crippen LogP contribution in [0.15, 0.2) is 24.3 Å². The quantitative estimate of drug-likeness (QED) is 0.800. The van der Waals surface area contributed by atoms with Gasteiger partial charge in [0, 0.05) is 6.04 Å². The van der Waals surface area contributed by atoms with Gasteiger partial charge in [-0.05, 0) is 43.5 Å². The summed E-state index contributed by atoms with van der Waals surface area (Å²) in [6.07, 6.45) is 2.85. The summed E-state index contributed by atoms with van der Waals surface area (Å²) in [5.74, 6) is 0.677. The molecule has 4 nitrogen and oxygen atoms in total. The number of carbonyl (C=O) groups is 1. The molecule has 1 aliphatic carbocycles. The van der Waals surface area contributed by atoms with Crippen LogP contribution in [0.4, 0.5) is 0 Å². The maximum atomic E-state index is 12.2. The van der Waals surface area contributed by atoms with Gasteiger partial charge in [0.05, 0.1) is 13.0 Å². The van der Waals surface area contributed by atoms with E-state index >= 15 is 0 Å². The van der Waals surface area contributed by atoms with Gasteiger partial charge in [-0.1, -0.05) is 12.1 Å². The van der Waals surface area contributed by atoms with Crippen LogP contribution in [-0.4, -0.2) is 25.6 Å². The highest BCUT2D eigenvalue weighted by molar-refractivity contribution is 5.84. The van der Waals surface area contributed by atoms with Crippen LogP contribution in [0.3, 0.4) is 0 Å². The standard InChI is InChI=1S/C14H20N2O2/c1-18-12-4-2-3-10(9-12)13(7-8-15)14(17)16-11-5-6-11/h2-4,9,11,13H,5-8,15H2,1H3,(H,16,17). The number of rotatable bonds is 6. The van der Waals surface area contributed by atoms with E-state index in [9.17, 15) is 4.79 Å². The second-order valence-corrected chi connectivity index (χ2v) is 4.69. The lowest BCUT2D eigenvalue weighted by molar-refractivity contribution is -0.122. The highest BCUT2D eigenvalue weighted by Crippen LogP contribution is 2.26. The molecule has 2 rings (SSSR count). The van der Waals surface area contributed by atoms with E-state index in [4.69, 9.17) is 10.5 Å². The first-order valence-corrected chi connectivity index (χ1v) is 6.39. The van der Waals surface area contributed by atoms with Crippen molar-refractivity contribution in [3.63, 3.8) is 0 Å². The van der Waals surface area contributed by atoms with Gasteiger partial charge in [-0.2, -0.15) is 0 Å². The fraction of sp³-hybridized carbons (Fsp3) is 0.500. The van der Waals surface area contributed by atoms with Crippen molar-refractivity contribution in [2.75, 3.05) is 13.7 Å². The van der Waals surface area contributed by atoms with Gasteiger partial charge in [-0.25, -0.2) is 0 Å². The molecule has 0 aliphatic heterocycles. The number of hydrogen-bond acceptors (Lipinski definition) is 3. The van der Waals surface area contributed by atoms with E-state index in [0.29, 0.717) is 19.0 Å². The Kier molecular flexibility index (Phi) is 4.20. The van der Waals surface area contributed by atoms with Gasteiger partial charge in [-0.15, -0.1) is 0 Å². The third-order valence-corrected chi connectivity index (χ3v) is 3.19. The Morgan fingerprint density at radius 1 is 1.56 bits per heavy atom. The summed E-state index contributed by atoms with van der Waals surface area (Å²) < 4.78 is 5.19. The number of benzene rings is 1. The molecular weight excluding hydrogens is 228 g/mol. The number of carbonyl (C=O) groups excluding carboxylic acids is 1. The van der Waals surface area contributed by atoms with Crippen molar-refractivity contribution in [2.24, 2.45) is 5.73 Å². The SMILES string of the molecule is COc1cccc(C(CCN)C(=O)NC2CC2)c1. The van der Waals surface area contributed by atoms with Crippen molar-refractivity contribution in [3.05, 3.63) is 29.8 Å². The lowest BCUT2D eigenvalue weighted by Gasteiger charge is -2.17. The highest BCUT2D eigenvalue weighted by atomic mass is 16.5. The molecule has 0 bridgehead atoms. The lowest BCUT2D eigenvalue weighted by atomic mass is 9.94. The second-order valence-electron chi connectivity index (χ2n) is 4.69. The Morgan fingerprint density at radius 3 is 2.94 bits per heavy atom. The average molecular weight is 248 g/mol. The molecule has 18 heavy (non-hydrogen) atoms. The first-order valence-electron chi connectivity index (χ1n) is 6.39. The van der Waals surface area contributed by atoms with E-state index in [-0.39, 0.29) is 11.8 Å². The maximum absolute atomic E-state index is 12.2. The Hall–Kier alpha value is -1.55. The zero-order chi connectivity index (χ0) is 13.0. The molecule has 1 aliphatic rings. The van der Waals surface area contributed by atoms with E-state index in [1.807, 2.05) is 24.3 Å². The van der Waals surface area contributed by atoms with Gasteiger partial charge in [0.25, 0.3) is 0 Å². The largest absolute Gasteiger partial charge is 0.497 e. The molecule has 1 fully saturated rings. The molecule has 1 aromatic rings. The summed E-state index contributed by atoms with van der Waals surface area (Å²) in [6.45, 7) is 0.500. The molecule has 4 heteroatoms. The van der Waals surface area contributed by atoms with Crippen LogP contribution in [0.5, 0.6) is 5.75 Å². The number of hydrogen-bond donors (Lipinski definition) is 2. The molecule has 1 amide bonds. The van der Waals surface area contributed by atoms with Crippen molar-refractivity contribution >= 4 is 5.91 Å². The summed E-state index contributed by atoms with van der Waals surface area (Å²) in [4.78, 5) is 12.2. The van der Waals surface area contributed by atoms with Gasteiger partial charge >= 0.3 is 0 Å². The maximum Gasteiger partial charge on any atom is 0.227 e. The molecule has 3 N–H and O–H groups in total. The zero-order valence-electron chi connectivity index (χ0n) is 10.7. The van der Waals surface area contributed by atoms with E-state index in [1.54, 1.807) is 7.11 Å². The smallest absolute Gasteiger partial charge is 0.227 e. The first kappa shape index (κ1) is 12.9. The molecule has 0 radical (unpaired) electrons. The predicted molar refractivity (Wildman–Crippen MR) is 70.6 cm³/mol. The molecular formula is C14H20N2O2. The average Bonchev–Trinajstić information content (AvgIpc) is 3.19. The molecule has 1 saturated carbocycles. The molecule has 0 saturated heterocycles. The van der Waals surface area contributed by atoms with E-state index in [1.165, 1.54) is 0 Å². The zero-order valence-corrected chi connectivity index (χ0v) is 10.7. The molecule has 0 heterocycles. The Labute approximate surface area is 108 Å². The third kappa shape index (κ3) is 3.23. The van der Waals surface area contributed by atoms with Crippen LogP contribution >= 0.6 is 0 Å². The van der Waals surface area contributed by atoms with Gasteiger partial charge in [-0.3, -0.25) is 4.79 Å². The molecule has 0 spiro atoms. The fourth-order valence-electron chi connectivity index (χ4n) is 2.00. The van der Waals surface area contributed by atoms with Crippen LogP contribution in [0.1, 0.15) is 30.7 Å². The molecule has 98 valence electrons. The van der Waals surface area contributed by atoms with Gasteiger partial charge in [0.2, 0.25) is 5.91 Å². The predicted octanol–water partition coefficient (Wildman–Crippen LogP) is 1.41. The second kappa shape index (κ2) is 5.87. The van der Waals surface area contributed by atoms with Crippen molar-refractivity contribution < 1.29 is 9.53 Å². The lowest BCUT2D eigenvalue weighted by Crippen LogP contribution is -2.32. The Morgan fingerprint density at radius 2 is 2.33 bits per heavy atom. The number of nitrogens with two attached hydrogens (primary N) is 1. The normalized spacial score (nSPS) is 16.1. The van der Waals surface area contributed by atoms with Crippen molar-refractivity contribution in [2.45, 2.75) is 31.2 Å². The van der Waals surface area contributed by atoms with Crippen LogP contribution in [0.25, 0.3) is 0 Å². The number of methoxy groups -OCH3 is 1. The Balaban J connectivity index is 2.13. The summed E-state index contributed by atoms with van der Waals surface area (Å²) in [7, 11) is 1.63. The minimum atomic E-state index is -0.175. The van der Waals surface area contributed by atoms with Gasteiger partial charge in [0.15, 0.2) is 0 Å². The number of ether oxygens (including phenoxy) is 1. The minimum Gasteiger partial charge on any atom is -0.497 e. The summed E-state index contributed by atoms with van der Waals surface area (Å²) in [6, 6.07) is 8.02. The van der Waals surface area contributed by atoms with Crippen molar-refractivity contribution in [1.29, 1.82) is 0 Å². The fourth-order valence-corrected chi connectivity index (χ4v) is 2.00. The molecule has 1 atom stereocenters. The van der Waals surface area contributed by atoms with E-state index < -0.39 is 0 Å². The van der Waals surface area contributed by atoms with Crippen LogP contribution in [0, 0.1) is 0 Å². The van der Waals surface area contributed by atoms with Gasteiger partial charge in [0.1, 0.15) is 5.75 Å². The third-order valence-electron chi connectivity index (χ3n) is 3.19. The van der Waals surface area contributed by atoms with Crippen LogP contribution in [0.2, 0.25) is 0 Å². The Bertz CT molecular complexity index is 416. The molecule has 1 aromatic carbocycles. The van der Waals surface area contributed by atoms with Crippen molar-refractivity contribution in [1.82, 2.24) is 5.32 Å². The van der Waals surface area contributed by atoms with Gasteiger partial charge < -0.3 is 15.8 Å². The number of amides is 1. The van der Waals surface area contributed by atoms with Crippen LogP contribution < -0.4 is 15.8 Å². The topological polar surface area (TPSA) is 64.3 Å². The summed E-state index contributed by atoms with van der Waals surface area (Å²) in [5.41, 5.74) is 6.58. The van der Waals surface area contributed by atoms with Crippen LogP contribution in [-0.2, 0) is 4.79 Å². The van der Waals surface area contributed by atoms with Crippen molar-refractivity contribution in [3.8, 4) is 5.75 Å². The molecule has 0 aromatic heterocycles. The number of nitrogens with one attached hydrogen (secondary N) is 1. The van der Waals surface area contributed by atoms with E-state index in [0.717, 1.165) is 24.2 Å². The van der Waals surface area contributed by atoms with E-state index in [2.05, 4.69) is 5.32 Å². The summed E-state index contributed by atoms with van der Waals surface area (Å²) in [5, 5.41) is 3.04.